The van der Waals surface area contributed by atoms with Crippen LogP contribution in [0, 0.1) is 13.8 Å². The number of rotatable bonds is 5. The van der Waals surface area contributed by atoms with E-state index in [-0.39, 0.29) is 0 Å². The van der Waals surface area contributed by atoms with Gasteiger partial charge in [-0.15, -0.1) is 0 Å². The molecule has 0 fully saturated rings. The van der Waals surface area contributed by atoms with Crippen LogP contribution >= 0.6 is 0 Å². The van der Waals surface area contributed by atoms with Gasteiger partial charge in [-0.2, -0.15) is 5.10 Å². The van der Waals surface area contributed by atoms with Crippen LogP contribution in [-0.2, 0) is 0 Å². The lowest BCUT2D eigenvalue weighted by molar-refractivity contribution is 0.316. The summed E-state index contributed by atoms with van der Waals surface area (Å²) in [6, 6.07) is 12.6. The molecule has 26 heavy (non-hydrogen) atoms. The molecule has 0 aliphatic heterocycles. The molecule has 0 bridgehead atoms. The number of aryl methyl sites for hydroxylation is 2. The van der Waals surface area contributed by atoms with Crippen molar-refractivity contribution in [1.82, 2.24) is 14.8 Å². The molecule has 3 rings (SSSR count). The smallest absolute Gasteiger partial charge is 0.219 e. The van der Waals surface area contributed by atoms with E-state index >= 15 is 0 Å². The van der Waals surface area contributed by atoms with Crippen LogP contribution in [0.1, 0.15) is 23.9 Å². The molecule has 0 saturated carbocycles. The largest absolute Gasteiger partial charge is 0.494 e. The highest BCUT2D eigenvalue weighted by Gasteiger charge is 2.13. The summed E-state index contributed by atoms with van der Waals surface area (Å²) in [5, 5.41) is 17.2. The van der Waals surface area contributed by atoms with Gasteiger partial charge in [-0.05, 0) is 57.2 Å². The summed E-state index contributed by atoms with van der Waals surface area (Å²) >= 11 is 0. The van der Waals surface area contributed by atoms with Gasteiger partial charge >= 0.3 is 0 Å². The molecule has 2 aromatic heterocycles. The van der Waals surface area contributed by atoms with Gasteiger partial charge in [0.2, 0.25) is 5.88 Å². The molecular formula is C19H20N4O3. The van der Waals surface area contributed by atoms with E-state index in [0.29, 0.717) is 29.6 Å². The van der Waals surface area contributed by atoms with Gasteiger partial charge in [0.15, 0.2) is 5.84 Å². The molecule has 0 atom stereocenters. The first-order valence-corrected chi connectivity index (χ1v) is 8.23. The van der Waals surface area contributed by atoms with Crippen molar-refractivity contribution in [2.75, 3.05) is 6.61 Å². The predicted octanol–water partition coefficient (Wildman–Crippen LogP) is 3.77. The van der Waals surface area contributed by atoms with E-state index in [0.717, 1.165) is 17.1 Å². The molecule has 0 spiro atoms. The Labute approximate surface area is 151 Å². The summed E-state index contributed by atoms with van der Waals surface area (Å²) in [5.74, 6) is 2.09. The third kappa shape index (κ3) is 3.83. The normalized spacial score (nSPS) is 11.4. The van der Waals surface area contributed by atoms with Gasteiger partial charge in [0.25, 0.3) is 0 Å². The van der Waals surface area contributed by atoms with E-state index < -0.39 is 0 Å². The molecule has 0 amide bonds. The van der Waals surface area contributed by atoms with Gasteiger partial charge in [0, 0.05) is 23.5 Å². The number of aromatic nitrogens is 3. The number of hydrogen-bond acceptors (Lipinski definition) is 6. The van der Waals surface area contributed by atoms with Crippen molar-refractivity contribution in [3.05, 3.63) is 65.6 Å². The highest BCUT2D eigenvalue weighted by atomic mass is 16.5. The number of hydrogen-bond donors (Lipinski definition) is 1. The number of pyridine rings is 1. The molecule has 134 valence electrons. The van der Waals surface area contributed by atoms with Crippen LogP contribution in [0.4, 0.5) is 0 Å². The summed E-state index contributed by atoms with van der Waals surface area (Å²) in [7, 11) is 0. The average Bonchev–Trinajstić information content (AvgIpc) is 2.96. The van der Waals surface area contributed by atoms with Gasteiger partial charge in [-0.25, -0.2) is 9.67 Å². The van der Waals surface area contributed by atoms with Crippen LogP contribution in [0.3, 0.4) is 0 Å². The zero-order valence-electron chi connectivity index (χ0n) is 14.9. The Morgan fingerprint density at radius 3 is 2.46 bits per heavy atom. The first-order valence-electron chi connectivity index (χ1n) is 8.23. The molecule has 7 heteroatoms. The lowest BCUT2D eigenvalue weighted by Crippen LogP contribution is -2.17. The fourth-order valence-electron chi connectivity index (χ4n) is 2.56. The Morgan fingerprint density at radius 2 is 1.85 bits per heavy atom. The minimum absolute atomic E-state index is 0.301. The first kappa shape index (κ1) is 17.5. The van der Waals surface area contributed by atoms with Gasteiger partial charge in [-0.3, -0.25) is 0 Å². The summed E-state index contributed by atoms with van der Waals surface area (Å²) < 4.78 is 12.8. The molecule has 0 radical (unpaired) electrons. The fourth-order valence-corrected chi connectivity index (χ4v) is 2.56. The standard InChI is InChI=1S/C19H20N4O3/c1-4-25-16-5-7-17(8-6-16)26-18-12-15(9-10-20-18)19(22-24)23-14(3)11-13(2)21-23/h5-12,24H,4H2,1-3H3/b22-19-. The molecule has 1 aromatic carbocycles. The topological polar surface area (TPSA) is 81.8 Å². The number of oxime groups is 1. The van der Waals surface area contributed by atoms with E-state index in [2.05, 4.69) is 15.2 Å². The zero-order valence-corrected chi connectivity index (χ0v) is 14.9. The maximum atomic E-state index is 9.48. The Kier molecular flexibility index (Phi) is 5.17. The number of nitrogens with zero attached hydrogens (tertiary/aromatic N) is 4. The van der Waals surface area contributed by atoms with Crippen LogP contribution in [0.5, 0.6) is 17.4 Å². The molecule has 2 heterocycles. The second kappa shape index (κ2) is 7.69. The molecule has 0 saturated heterocycles. The van der Waals surface area contributed by atoms with Crippen LogP contribution in [0.15, 0.2) is 53.8 Å². The number of benzene rings is 1. The van der Waals surface area contributed by atoms with E-state index in [4.69, 9.17) is 9.47 Å². The van der Waals surface area contributed by atoms with Crippen molar-refractivity contribution in [1.29, 1.82) is 0 Å². The highest BCUT2D eigenvalue weighted by Crippen LogP contribution is 2.23. The van der Waals surface area contributed by atoms with Crippen molar-refractivity contribution in [2.24, 2.45) is 5.16 Å². The molecule has 1 N–H and O–H groups in total. The first-order chi connectivity index (χ1) is 12.6. The monoisotopic (exact) mass is 352 g/mol. The zero-order chi connectivity index (χ0) is 18.5. The minimum Gasteiger partial charge on any atom is -0.494 e. The number of ether oxygens (including phenoxy) is 2. The molecule has 0 unspecified atom stereocenters. The van der Waals surface area contributed by atoms with Gasteiger partial charge in [0.05, 0.1) is 12.3 Å². The van der Waals surface area contributed by atoms with Crippen molar-refractivity contribution in [3.63, 3.8) is 0 Å². The van der Waals surface area contributed by atoms with E-state index in [1.807, 2.05) is 39.0 Å². The Morgan fingerprint density at radius 1 is 1.12 bits per heavy atom. The van der Waals surface area contributed by atoms with E-state index in [1.54, 1.807) is 35.1 Å². The van der Waals surface area contributed by atoms with Gasteiger partial charge in [0.1, 0.15) is 11.5 Å². The predicted molar refractivity (Wildman–Crippen MR) is 97.3 cm³/mol. The van der Waals surface area contributed by atoms with Crippen molar-refractivity contribution in [2.45, 2.75) is 20.8 Å². The summed E-state index contributed by atoms with van der Waals surface area (Å²) in [6.07, 6.45) is 1.59. The maximum Gasteiger partial charge on any atom is 0.219 e. The Bertz CT molecular complexity index is 917. The average molecular weight is 352 g/mol. The SMILES string of the molecule is CCOc1ccc(Oc2cc(/C(=N/O)n3nc(C)cc3C)ccn2)cc1. The van der Waals surface area contributed by atoms with Crippen LogP contribution < -0.4 is 9.47 Å². The minimum atomic E-state index is 0.301. The highest BCUT2D eigenvalue weighted by molar-refractivity contribution is 6.00. The molecule has 3 aromatic rings. The maximum absolute atomic E-state index is 9.48. The molecule has 7 nitrogen and oxygen atoms in total. The third-order valence-corrected chi connectivity index (χ3v) is 3.66. The summed E-state index contributed by atoms with van der Waals surface area (Å²) in [5.41, 5.74) is 2.33. The van der Waals surface area contributed by atoms with Crippen molar-refractivity contribution >= 4 is 5.84 Å². The second-order valence-electron chi connectivity index (χ2n) is 5.65. The Hall–Kier alpha value is -3.35. The summed E-state index contributed by atoms with van der Waals surface area (Å²) in [4.78, 5) is 4.21. The molecule has 0 aliphatic rings. The lowest BCUT2D eigenvalue weighted by Gasteiger charge is -2.10. The lowest BCUT2D eigenvalue weighted by atomic mass is 10.2. The summed E-state index contributed by atoms with van der Waals surface area (Å²) in [6.45, 7) is 6.32. The van der Waals surface area contributed by atoms with Crippen LogP contribution in [-0.4, -0.2) is 32.4 Å². The fraction of sp³-hybridized carbons (Fsp3) is 0.211. The second-order valence-corrected chi connectivity index (χ2v) is 5.65. The van der Waals surface area contributed by atoms with Crippen molar-refractivity contribution in [3.8, 4) is 17.4 Å². The van der Waals surface area contributed by atoms with Gasteiger partial charge < -0.3 is 14.7 Å². The van der Waals surface area contributed by atoms with Crippen molar-refractivity contribution < 1.29 is 14.7 Å². The molecule has 0 aliphatic carbocycles. The van der Waals surface area contributed by atoms with Crippen LogP contribution in [0.2, 0.25) is 0 Å². The van der Waals surface area contributed by atoms with E-state index in [9.17, 15) is 5.21 Å². The molecular weight excluding hydrogens is 332 g/mol. The van der Waals surface area contributed by atoms with Crippen LogP contribution in [0.25, 0.3) is 0 Å². The third-order valence-electron chi connectivity index (χ3n) is 3.66. The van der Waals surface area contributed by atoms with E-state index in [1.165, 1.54) is 0 Å². The van der Waals surface area contributed by atoms with Gasteiger partial charge in [-0.1, -0.05) is 5.16 Å². The quantitative estimate of drug-likeness (QED) is 0.327. The Balaban J connectivity index is 1.84.